The molecule has 0 N–H and O–H groups in total. The van der Waals surface area contributed by atoms with Crippen LogP contribution in [0.1, 0.15) is 0 Å². The van der Waals surface area contributed by atoms with Crippen molar-refractivity contribution in [1.82, 2.24) is 0 Å². The van der Waals surface area contributed by atoms with Crippen molar-refractivity contribution in [2.75, 3.05) is 0 Å². The zero-order chi connectivity index (χ0) is 17.3. The topological polar surface area (TPSA) is 26.3 Å². The van der Waals surface area contributed by atoms with Crippen molar-refractivity contribution < 1.29 is 9.09 Å². The second-order valence-electron chi connectivity index (χ2n) is 5.57. The Morgan fingerprint density at radius 1 is 0.720 bits per heavy atom. The zero-order valence-electron chi connectivity index (χ0n) is 13.1. The molecule has 0 aromatic heterocycles. The molecule has 5 heteroatoms. The van der Waals surface area contributed by atoms with Gasteiger partial charge >= 0.3 is 5.92 Å². The maximum Gasteiger partial charge on any atom is 0.398 e. The molecule has 0 heterocycles. The van der Waals surface area contributed by atoms with E-state index in [4.69, 9.17) is 15.8 Å². The maximum atomic E-state index is 12.9. The van der Waals surface area contributed by atoms with Crippen LogP contribution in [0.5, 0.6) is 5.75 Å². The van der Waals surface area contributed by atoms with Gasteiger partial charge in [0.2, 0.25) is 0 Å². The molecular formula is C20H14ClO2PS. The molecule has 0 aliphatic carbocycles. The summed E-state index contributed by atoms with van der Waals surface area (Å²) in [6.07, 6.45) is 0. The van der Waals surface area contributed by atoms with E-state index in [0.717, 1.165) is 37.8 Å². The lowest BCUT2D eigenvalue weighted by atomic mass is 10.1. The first-order valence-corrected chi connectivity index (χ1v) is 11.7. The van der Waals surface area contributed by atoms with Crippen LogP contribution in [0, 0.1) is 0 Å². The van der Waals surface area contributed by atoms with Crippen LogP contribution in [0.3, 0.4) is 0 Å². The van der Waals surface area contributed by atoms with E-state index in [9.17, 15) is 4.57 Å². The molecule has 124 valence electrons. The zero-order valence-corrected chi connectivity index (χ0v) is 15.6. The highest BCUT2D eigenvalue weighted by Crippen LogP contribution is 2.67. The fourth-order valence-electron chi connectivity index (χ4n) is 2.80. The second-order valence-corrected chi connectivity index (χ2v) is 11.2. The Kier molecular flexibility index (Phi) is 4.47. The van der Waals surface area contributed by atoms with Gasteiger partial charge in [-0.15, -0.1) is 0 Å². The first-order chi connectivity index (χ1) is 12.1. The molecule has 0 radical (unpaired) electrons. The van der Waals surface area contributed by atoms with Crippen LogP contribution in [0.15, 0.2) is 89.8 Å². The highest BCUT2D eigenvalue weighted by molar-refractivity contribution is 8.64. The highest BCUT2D eigenvalue weighted by Gasteiger charge is 2.25. The van der Waals surface area contributed by atoms with Crippen LogP contribution in [0.2, 0.25) is 0 Å². The maximum absolute atomic E-state index is 12.9. The van der Waals surface area contributed by atoms with E-state index in [2.05, 4.69) is 0 Å². The Balaban J connectivity index is 1.69. The van der Waals surface area contributed by atoms with Gasteiger partial charge in [0.05, 0.1) is 0 Å². The highest BCUT2D eigenvalue weighted by atomic mass is 35.7. The van der Waals surface area contributed by atoms with Crippen molar-refractivity contribution in [2.45, 2.75) is 4.90 Å². The summed E-state index contributed by atoms with van der Waals surface area (Å²) < 4.78 is 18.7. The van der Waals surface area contributed by atoms with Gasteiger partial charge in [0.15, 0.2) is 0 Å². The molecule has 1 unspecified atom stereocenters. The lowest BCUT2D eigenvalue weighted by Gasteiger charge is -2.15. The smallest absolute Gasteiger partial charge is 0.398 e. The predicted molar refractivity (Wildman–Crippen MR) is 108 cm³/mol. The Bertz CT molecular complexity index is 1020. The molecule has 25 heavy (non-hydrogen) atoms. The Morgan fingerprint density at radius 2 is 1.28 bits per heavy atom. The summed E-state index contributed by atoms with van der Waals surface area (Å²) in [5.41, 5.74) is 0. The van der Waals surface area contributed by atoms with Crippen LogP contribution < -0.4 is 4.52 Å². The third kappa shape index (κ3) is 3.55. The van der Waals surface area contributed by atoms with E-state index < -0.39 is 5.92 Å². The van der Waals surface area contributed by atoms with Gasteiger partial charge in [0.1, 0.15) is 5.75 Å². The van der Waals surface area contributed by atoms with Crippen molar-refractivity contribution in [3.05, 3.63) is 84.9 Å². The molecule has 0 saturated carbocycles. The fourth-order valence-corrected chi connectivity index (χ4v) is 6.32. The molecule has 4 rings (SSSR count). The van der Waals surface area contributed by atoms with Crippen molar-refractivity contribution in [2.24, 2.45) is 0 Å². The minimum absolute atomic E-state index is 0.532. The summed E-state index contributed by atoms with van der Waals surface area (Å²) in [7, 11) is 0. The van der Waals surface area contributed by atoms with Gasteiger partial charge in [-0.1, -0.05) is 72.8 Å². The Hall–Kier alpha value is -1.93. The van der Waals surface area contributed by atoms with E-state index in [1.54, 1.807) is 6.07 Å². The number of fused-ring (bicyclic) bond motifs is 2. The molecule has 4 aromatic rings. The number of rotatable bonds is 4. The number of hydrogen-bond donors (Lipinski definition) is 0. The van der Waals surface area contributed by atoms with Crippen LogP contribution >= 0.6 is 28.5 Å². The van der Waals surface area contributed by atoms with Crippen molar-refractivity contribution in [3.63, 3.8) is 0 Å². The van der Waals surface area contributed by atoms with Crippen molar-refractivity contribution in [1.29, 1.82) is 0 Å². The minimum atomic E-state index is -3.46. The summed E-state index contributed by atoms with van der Waals surface area (Å²) in [6, 6.07) is 27.2. The average Bonchev–Trinajstić information content (AvgIpc) is 2.62. The molecule has 0 aliphatic heterocycles. The summed E-state index contributed by atoms with van der Waals surface area (Å²) in [5.74, 6) is -2.92. The van der Waals surface area contributed by atoms with Crippen molar-refractivity contribution >= 4 is 50.1 Å². The van der Waals surface area contributed by atoms with E-state index >= 15 is 0 Å². The van der Waals surface area contributed by atoms with Gasteiger partial charge in [-0.2, -0.15) is 0 Å². The van der Waals surface area contributed by atoms with E-state index in [1.165, 1.54) is 0 Å². The minimum Gasteiger partial charge on any atom is -0.425 e. The quantitative estimate of drug-likeness (QED) is 0.340. The number of hydrogen-bond acceptors (Lipinski definition) is 3. The summed E-state index contributed by atoms with van der Waals surface area (Å²) in [6.45, 7) is 0. The monoisotopic (exact) mass is 384 g/mol. The summed E-state index contributed by atoms with van der Waals surface area (Å²) >= 11 is 7.38. The first-order valence-electron chi connectivity index (χ1n) is 7.77. The third-order valence-electron chi connectivity index (χ3n) is 3.91. The second kappa shape index (κ2) is 6.76. The van der Waals surface area contributed by atoms with Gasteiger partial charge < -0.3 is 4.52 Å². The number of halogens is 1. The fraction of sp³-hybridized carbons (Fsp3) is 0. The first kappa shape index (κ1) is 16.5. The standard InChI is InChI=1S/C20H14ClO2PS/c21-24(22,23-19-13-5-9-15-7-1-3-11-17(15)19)25-20-14-6-10-16-8-2-4-12-18(16)20/h1-14H. The lowest BCUT2D eigenvalue weighted by molar-refractivity contribution is 0.517. The molecule has 0 bridgehead atoms. The Labute approximate surface area is 154 Å². The molecule has 4 aromatic carbocycles. The lowest BCUT2D eigenvalue weighted by Crippen LogP contribution is -1.86. The van der Waals surface area contributed by atoms with Crippen LogP contribution in [0.25, 0.3) is 21.5 Å². The van der Waals surface area contributed by atoms with Gasteiger partial charge in [-0.05, 0) is 50.9 Å². The Morgan fingerprint density at radius 3 is 2.04 bits per heavy atom. The normalized spacial score (nSPS) is 13.6. The van der Waals surface area contributed by atoms with Crippen molar-refractivity contribution in [3.8, 4) is 5.75 Å². The summed E-state index contributed by atoms with van der Waals surface area (Å²) in [4.78, 5) is 0.844. The average molecular weight is 385 g/mol. The molecular weight excluding hydrogens is 371 g/mol. The summed E-state index contributed by atoms with van der Waals surface area (Å²) in [5, 5.41) is 4.00. The molecule has 0 amide bonds. The molecule has 2 nitrogen and oxygen atoms in total. The molecule has 0 spiro atoms. The van der Waals surface area contributed by atoms with Gasteiger partial charge in [-0.25, -0.2) is 4.57 Å². The van der Waals surface area contributed by atoms with Gasteiger partial charge in [0, 0.05) is 10.3 Å². The third-order valence-corrected chi connectivity index (χ3v) is 7.40. The SMILES string of the molecule is O=P(Cl)(Oc1cccc2ccccc12)Sc1cccc2ccccc12. The largest absolute Gasteiger partial charge is 0.425 e. The van der Waals surface area contributed by atoms with E-state index in [-0.39, 0.29) is 0 Å². The molecule has 0 fully saturated rings. The van der Waals surface area contributed by atoms with E-state index in [0.29, 0.717) is 5.75 Å². The van der Waals surface area contributed by atoms with Crippen LogP contribution in [0.4, 0.5) is 0 Å². The predicted octanol–water partition coefficient (Wildman–Crippen LogP) is 7.51. The van der Waals surface area contributed by atoms with Gasteiger partial charge in [-0.3, -0.25) is 0 Å². The molecule has 0 saturated heterocycles. The molecule has 0 aliphatic rings. The molecule has 1 atom stereocenters. The van der Waals surface area contributed by atoms with Crippen LogP contribution in [-0.2, 0) is 4.57 Å². The van der Waals surface area contributed by atoms with E-state index in [1.807, 2.05) is 78.9 Å². The van der Waals surface area contributed by atoms with Gasteiger partial charge in [0.25, 0.3) is 0 Å². The van der Waals surface area contributed by atoms with Crippen LogP contribution in [-0.4, -0.2) is 0 Å². The number of benzene rings is 4.